The summed E-state index contributed by atoms with van der Waals surface area (Å²) in [6.45, 7) is 0. The summed E-state index contributed by atoms with van der Waals surface area (Å²) in [4.78, 5) is 0. The highest BCUT2D eigenvalue weighted by Crippen LogP contribution is 2.14. The van der Waals surface area contributed by atoms with Crippen molar-refractivity contribution in [2.75, 3.05) is 0 Å². The first-order valence-corrected chi connectivity index (χ1v) is 5.17. The number of hydrogen-bond donors (Lipinski definition) is 0. The molecule has 82 valence electrons. The molecule has 0 saturated heterocycles. The zero-order chi connectivity index (χ0) is 11.9. The standard InChI is InChI=1S/C12H10B2O3/c13-17-14(15-11-7-3-1-4-8-11)16-12-9-5-2-6-10-12/h1-10H. The highest BCUT2D eigenvalue weighted by molar-refractivity contribution is 6.43. The maximum absolute atomic E-state index is 5.40. The minimum atomic E-state index is -0.972. The Morgan fingerprint density at radius 2 is 1.12 bits per heavy atom. The SMILES string of the molecule is [B]OB(Oc1ccccc1)Oc1ccccc1. The Morgan fingerprint density at radius 3 is 1.47 bits per heavy atom. The summed E-state index contributed by atoms with van der Waals surface area (Å²) < 4.78 is 15.4. The van der Waals surface area contributed by atoms with E-state index in [0.717, 1.165) is 0 Å². The van der Waals surface area contributed by atoms with Crippen LogP contribution in [0.4, 0.5) is 0 Å². The second-order valence-corrected chi connectivity index (χ2v) is 3.29. The molecule has 0 amide bonds. The molecule has 17 heavy (non-hydrogen) atoms. The Labute approximate surface area is 102 Å². The molecule has 2 radical (unpaired) electrons. The third-order valence-corrected chi connectivity index (χ3v) is 2.06. The van der Waals surface area contributed by atoms with Crippen LogP contribution in [0.15, 0.2) is 60.7 Å². The van der Waals surface area contributed by atoms with Crippen molar-refractivity contribution >= 4 is 15.4 Å². The summed E-state index contributed by atoms with van der Waals surface area (Å²) in [5.41, 5.74) is 0. The molecule has 0 heterocycles. The molecule has 0 N–H and O–H groups in total. The number of benzene rings is 2. The molecule has 0 unspecified atom stereocenters. The molecule has 0 aliphatic heterocycles. The van der Waals surface area contributed by atoms with E-state index >= 15 is 0 Å². The second-order valence-electron chi connectivity index (χ2n) is 3.29. The van der Waals surface area contributed by atoms with Gasteiger partial charge in [-0.15, -0.1) is 0 Å². The van der Waals surface area contributed by atoms with E-state index in [-0.39, 0.29) is 0 Å². The van der Waals surface area contributed by atoms with E-state index in [1.165, 1.54) is 0 Å². The monoisotopic (exact) mass is 224 g/mol. The predicted octanol–water partition coefficient (Wildman–Crippen LogP) is 2.23. The van der Waals surface area contributed by atoms with Gasteiger partial charge in [0.15, 0.2) is 0 Å². The quantitative estimate of drug-likeness (QED) is 0.728. The van der Waals surface area contributed by atoms with Gasteiger partial charge in [-0.05, 0) is 24.3 Å². The van der Waals surface area contributed by atoms with Crippen molar-refractivity contribution in [3.63, 3.8) is 0 Å². The Balaban J connectivity index is 1.98. The summed E-state index contributed by atoms with van der Waals surface area (Å²) in [7, 11) is 4.15. The van der Waals surface area contributed by atoms with Crippen LogP contribution >= 0.6 is 0 Å². The van der Waals surface area contributed by atoms with Gasteiger partial charge in [0.1, 0.15) is 11.5 Å². The molecule has 2 aromatic carbocycles. The maximum Gasteiger partial charge on any atom is 0.771 e. The van der Waals surface area contributed by atoms with Crippen LogP contribution in [0.5, 0.6) is 11.5 Å². The minimum Gasteiger partial charge on any atom is -0.502 e. The lowest BCUT2D eigenvalue weighted by Gasteiger charge is -2.14. The van der Waals surface area contributed by atoms with Gasteiger partial charge in [-0.25, -0.2) is 0 Å². The number of para-hydroxylation sites is 2. The molecule has 0 saturated carbocycles. The molecule has 3 nitrogen and oxygen atoms in total. The summed E-state index contributed by atoms with van der Waals surface area (Å²) in [5, 5.41) is 0. The molecule has 0 aliphatic rings. The lowest BCUT2D eigenvalue weighted by molar-refractivity contribution is 0.319. The van der Waals surface area contributed by atoms with Crippen molar-refractivity contribution in [3.8, 4) is 11.5 Å². The Hall–Kier alpha value is -1.87. The lowest BCUT2D eigenvalue weighted by Crippen LogP contribution is -2.32. The summed E-state index contributed by atoms with van der Waals surface area (Å²) in [5.74, 6) is 1.25. The van der Waals surface area contributed by atoms with E-state index in [1.54, 1.807) is 24.3 Å². The summed E-state index contributed by atoms with van der Waals surface area (Å²) >= 11 is 0. The molecule has 0 bridgehead atoms. The fourth-order valence-electron chi connectivity index (χ4n) is 1.30. The van der Waals surface area contributed by atoms with Crippen molar-refractivity contribution in [2.24, 2.45) is 0 Å². The Morgan fingerprint density at radius 1 is 0.706 bits per heavy atom. The molecule has 0 aliphatic carbocycles. The van der Waals surface area contributed by atoms with E-state index in [9.17, 15) is 0 Å². The van der Waals surface area contributed by atoms with Gasteiger partial charge in [0.25, 0.3) is 8.05 Å². The highest BCUT2D eigenvalue weighted by atomic mass is 16.7. The van der Waals surface area contributed by atoms with E-state index in [1.807, 2.05) is 36.4 Å². The van der Waals surface area contributed by atoms with Gasteiger partial charge >= 0.3 is 7.32 Å². The van der Waals surface area contributed by atoms with Crippen LogP contribution in [-0.2, 0) is 4.57 Å². The van der Waals surface area contributed by atoms with Crippen molar-refractivity contribution in [3.05, 3.63) is 60.7 Å². The average molecular weight is 224 g/mol. The topological polar surface area (TPSA) is 27.7 Å². The van der Waals surface area contributed by atoms with E-state index in [0.29, 0.717) is 11.5 Å². The van der Waals surface area contributed by atoms with Crippen molar-refractivity contribution in [2.45, 2.75) is 0 Å². The van der Waals surface area contributed by atoms with Crippen LogP contribution in [0.1, 0.15) is 0 Å². The van der Waals surface area contributed by atoms with E-state index < -0.39 is 7.32 Å². The second kappa shape index (κ2) is 6.01. The molecular weight excluding hydrogens is 214 g/mol. The molecule has 2 aromatic rings. The zero-order valence-electron chi connectivity index (χ0n) is 9.15. The average Bonchev–Trinajstić information content (AvgIpc) is 2.40. The first kappa shape index (κ1) is 11.6. The van der Waals surface area contributed by atoms with Gasteiger partial charge in [-0.3, -0.25) is 0 Å². The smallest absolute Gasteiger partial charge is 0.502 e. The van der Waals surface area contributed by atoms with Crippen LogP contribution in [-0.4, -0.2) is 15.4 Å². The number of hydrogen-bond acceptors (Lipinski definition) is 3. The third kappa shape index (κ3) is 3.57. The van der Waals surface area contributed by atoms with Crippen LogP contribution in [0, 0.1) is 0 Å². The van der Waals surface area contributed by atoms with Crippen LogP contribution < -0.4 is 9.31 Å². The molecule has 2 rings (SSSR count). The summed E-state index contributed by atoms with van der Waals surface area (Å²) in [6, 6.07) is 18.4. The maximum atomic E-state index is 5.40. The fourth-order valence-corrected chi connectivity index (χ4v) is 1.30. The van der Waals surface area contributed by atoms with E-state index in [2.05, 4.69) is 4.57 Å². The Kier molecular flexibility index (Phi) is 4.11. The largest absolute Gasteiger partial charge is 0.771 e. The molecule has 5 heteroatoms. The van der Waals surface area contributed by atoms with Gasteiger partial charge in [-0.2, -0.15) is 0 Å². The van der Waals surface area contributed by atoms with Gasteiger partial charge in [0, 0.05) is 0 Å². The highest BCUT2D eigenvalue weighted by Gasteiger charge is 2.23. The zero-order valence-corrected chi connectivity index (χ0v) is 9.15. The predicted molar refractivity (Wildman–Crippen MR) is 66.7 cm³/mol. The van der Waals surface area contributed by atoms with Gasteiger partial charge in [-0.1, -0.05) is 36.4 Å². The number of rotatable bonds is 5. The van der Waals surface area contributed by atoms with Crippen LogP contribution in [0.2, 0.25) is 0 Å². The van der Waals surface area contributed by atoms with Gasteiger partial charge in [0.2, 0.25) is 0 Å². The third-order valence-electron chi connectivity index (χ3n) is 2.06. The molecule has 0 aromatic heterocycles. The van der Waals surface area contributed by atoms with Crippen molar-refractivity contribution in [1.29, 1.82) is 0 Å². The first-order chi connectivity index (χ1) is 8.38. The van der Waals surface area contributed by atoms with Crippen molar-refractivity contribution in [1.82, 2.24) is 0 Å². The fraction of sp³-hybridized carbons (Fsp3) is 0. The summed E-state index contributed by atoms with van der Waals surface area (Å²) in [6.07, 6.45) is 0. The molecule has 0 atom stereocenters. The lowest BCUT2D eigenvalue weighted by atomic mass is 10.2. The van der Waals surface area contributed by atoms with Crippen molar-refractivity contribution < 1.29 is 13.9 Å². The normalized spacial score (nSPS) is 9.65. The molecule has 0 spiro atoms. The van der Waals surface area contributed by atoms with E-state index in [4.69, 9.17) is 17.4 Å². The Bertz CT molecular complexity index is 395. The molecule has 0 fully saturated rings. The first-order valence-electron chi connectivity index (χ1n) is 5.17. The molecular formula is C12H10B2O3. The van der Waals surface area contributed by atoms with Crippen LogP contribution in [0.3, 0.4) is 0 Å². The van der Waals surface area contributed by atoms with Gasteiger partial charge < -0.3 is 13.9 Å². The minimum absolute atomic E-state index is 0.624. The van der Waals surface area contributed by atoms with Gasteiger partial charge in [0.05, 0.1) is 0 Å². The van der Waals surface area contributed by atoms with Crippen LogP contribution in [0.25, 0.3) is 0 Å².